The molecule has 5 rings (SSSR count). The first kappa shape index (κ1) is 28.8. The smallest absolute Gasteiger partial charge is 0.255 e. The molecule has 0 N–H and O–H groups in total. The number of imidazole rings is 1. The largest absolute Gasteiger partial charge is 0.385 e. The number of carbonyl (C=O) groups excluding carboxylic acids is 1. The molecule has 0 unspecified atom stereocenters. The quantitative estimate of drug-likeness (QED) is 0.194. The van der Waals surface area contributed by atoms with Gasteiger partial charge < -0.3 is 23.5 Å². The molecule has 0 saturated carbocycles. The van der Waals surface area contributed by atoms with Crippen LogP contribution in [0.25, 0.3) is 21.9 Å². The van der Waals surface area contributed by atoms with Crippen molar-refractivity contribution >= 4 is 16.7 Å². The van der Waals surface area contributed by atoms with Gasteiger partial charge in [0.15, 0.2) is 0 Å². The highest BCUT2D eigenvalue weighted by Gasteiger charge is 2.21. The van der Waals surface area contributed by atoms with Crippen LogP contribution in [-0.2, 0) is 22.6 Å². The second-order valence-electron chi connectivity index (χ2n) is 9.58. The highest BCUT2D eigenvalue weighted by molar-refractivity contribution is 6.05. The van der Waals surface area contributed by atoms with Crippen LogP contribution in [0.15, 0.2) is 104 Å². The summed E-state index contributed by atoms with van der Waals surface area (Å²) in [5, 5.41) is 2.27. The zero-order chi connectivity index (χ0) is 28.2. The molecule has 0 spiro atoms. The molecular weight excluding hydrogens is 500 g/mol. The van der Waals surface area contributed by atoms with Gasteiger partial charge in [-0.2, -0.15) is 0 Å². The van der Waals surface area contributed by atoms with E-state index < -0.39 is 0 Å². The number of nitrogens with zero attached hydrogens (tertiary/aromatic N) is 4. The zero-order valence-electron chi connectivity index (χ0n) is 23.6. The van der Waals surface area contributed by atoms with Gasteiger partial charge >= 0.3 is 0 Å². The number of likely N-dealkylation sites (N-methyl/N-ethyl adjacent to an activating group) is 1. The summed E-state index contributed by atoms with van der Waals surface area (Å²) in [6.07, 6.45) is 8.68. The maximum Gasteiger partial charge on any atom is 0.255 e. The van der Waals surface area contributed by atoms with Crippen LogP contribution < -0.4 is 0 Å². The van der Waals surface area contributed by atoms with Crippen LogP contribution in [0.3, 0.4) is 0 Å². The molecular formula is C33H38N4O3. The second kappa shape index (κ2) is 14.8. The minimum absolute atomic E-state index is 0.0210. The Morgan fingerprint density at radius 1 is 0.850 bits per heavy atom. The highest BCUT2D eigenvalue weighted by Crippen LogP contribution is 2.32. The van der Waals surface area contributed by atoms with Gasteiger partial charge in [0.1, 0.15) is 0 Å². The van der Waals surface area contributed by atoms with Crippen LogP contribution in [0.4, 0.5) is 0 Å². The molecule has 0 fully saturated rings. The molecule has 40 heavy (non-hydrogen) atoms. The van der Waals surface area contributed by atoms with Crippen molar-refractivity contribution in [2.24, 2.45) is 0 Å². The number of rotatable bonds is 11. The Balaban J connectivity index is 0.000000546. The van der Waals surface area contributed by atoms with Gasteiger partial charge in [0.2, 0.25) is 0 Å². The van der Waals surface area contributed by atoms with Gasteiger partial charge in [0.25, 0.3) is 5.91 Å². The SMILES string of the molecule is COCCCn1cncc1Cn1cc(C(=O)N(C)CCOC)c(-c2cccc3ccccc23)c1.c1ccccc1. The highest BCUT2D eigenvalue weighted by atomic mass is 16.5. The molecule has 2 aromatic heterocycles. The van der Waals surface area contributed by atoms with Crippen LogP contribution in [-0.4, -0.2) is 66.0 Å². The number of aromatic nitrogens is 3. The van der Waals surface area contributed by atoms with Gasteiger partial charge in [0.05, 0.1) is 30.7 Å². The van der Waals surface area contributed by atoms with E-state index in [1.165, 1.54) is 0 Å². The van der Waals surface area contributed by atoms with Crippen molar-refractivity contribution in [2.75, 3.05) is 41.0 Å². The van der Waals surface area contributed by atoms with Crippen molar-refractivity contribution < 1.29 is 14.3 Å². The number of fused-ring (bicyclic) bond motifs is 1. The van der Waals surface area contributed by atoms with Gasteiger partial charge in [-0.25, -0.2) is 4.98 Å². The fourth-order valence-electron chi connectivity index (χ4n) is 4.61. The number of ether oxygens (including phenoxy) is 2. The van der Waals surface area contributed by atoms with E-state index in [1.54, 1.807) is 19.1 Å². The molecule has 0 atom stereocenters. The van der Waals surface area contributed by atoms with Crippen LogP contribution >= 0.6 is 0 Å². The standard InChI is InChI=1S/C27H32N4O3.C6H6/c1-29(13-15-34-3)27(32)26-19-30(17-22-16-28-20-31(22)12-7-14-33-2)18-25(26)24-11-6-9-21-8-4-5-10-23(21)24;1-2-4-6-5-3-1/h4-6,8-11,16,18-20H,7,12-15,17H2,1-3H3;1-6H. The van der Waals surface area contributed by atoms with Gasteiger partial charge in [-0.15, -0.1) is 0 Å². The average Bonchev–Trinajstić information content (AvgIpc) is 3.63. The van der Waals surface area contributed by atoms with Crippen molar-refractivity contribution in [3.05, 3.63) is 115 Å². The molecule has 0 saturated heterocycles. The predicted molar refractivity (Wildman–Crippen MR) is 160 cm³/mol. The Labute approximate surface area is 236 Å². The number of aryl methyl sites for hydroxylation is 1. The minimum Gasteiger partial charge on any atom is -0.385 e. The van der Waals surface area contributed by atoms with E-state index in [0.717, 1.165) is 40.6 Å². The lowest BCUT2D eigenvalue weighted by molar-refractivity contribution is 0.0745. The predicted octanol–water partition coefficient (Wildman–Crippen LogP) is 5.99. The van der Waals surface area contributed by atoms with Crippen LogP contribution in [0.2, 0.25) is 0 Å². The van der Waals surface area contributed by atoms with E-state index in [0.29, 0.717) is 31.9 Å². The second-order valence-corrected chi connectivity index (χ2v) is 9.58. The lowest BCUT2D eigenvalue weighted by Crippen LogP contribution is -2.30. The summed E-state index contributed by atoms with van der Waals surface area (Å²) in [4.78, 5) is 19.5. The lowest BCUT2D eigenvalue weighted by Gasteiger charge is -2.17. The molecule has 2 heterocycles. The molecule has 3 aromatic carbocycles. The van der Waals surface area contributed by atoms with E-state index in [1.807, 2.05) is 80.4 Å². The molecule has 7 nitrogen and oxygen atoms in total. The maximum atomic E-state index is 13.5. The van der Waals surface area contributed by atoms with E-state index in [9.17, 15) is 4.79 Å². The Morgan fingerprint density at radius 2 is 1.55 bits per heavy atom. The monoisotopic (exact) mass is 538 g/mol. The molecule has 7 heteroatoms. The molecule has 0 bridgehead atoms. The zero-order valence-corrected chi connectivity index (χ0v) is 23.6. The Morgan fingerprint density at radius 3 is 2.27 bits per heavy atom. The first-order chi connectivity index (χ1) is 19.6. The summed E-state index contributed by atoms with van der Waals surface area (Å²) in [6.45, 7) is 3.19. The summed E-state index contributed by atoms with van der Waals surface area (Å²) in [5.41, 5.74) is 3.74. The minimum atomic E-state index is -0.0210. The van der Waals surface area contributed by atoms with Crippen molar-refractivity contribution in [2.45, 2.75) is 19.5 Å². The van der Waals surface area contributed by atoms with Crippen LogP contribution in [0.5, 0.6) is 0 Å². The van der Waals surface area contributed by atoms with Crippen molar-refractivity contribution in [1.82, 2.24) is 19.0 Å². The number of methoxy groups -OCH3 is 2. The molecule has 5 aromatic rings. The molecule has 1 amide bonds. The normalized spacial score (nSPS) is 10.8. The number of hydrogen-bond donors (Lipinski definition) is 0. The molecule has 0 radical (unpaired) electrons. The molecule has 0 aliphatic rings. The third-order valence-corrected chi connectivity index (χ3v) is 6.72. The topological polar surface area (TPSA) is 61.5 Å². The average molecular weight is 539 g/mol. The van der Waals surface area contributed by atoms with Crippen molar-refractivity contribution in [1.29, 1.82) is 0 Å². The molecule has 0 aliphatic carbocycles. The summed E-state index contributed by atoms with van der Waals surface area (Å²) in [5.74, 6) is -0.0210. The van der Waals surface area contributed by atoms with Crippen LogP contribution in [0.1, 0.15) is 22.5 Å². The molecule has 208 valence electrons. The lowest BCUT2D eigenvalue weighted by atomic mass is 9.97. The summed E-state index contributed by atoms with van der Waals surface area (Å²) in [6, 6.07) is 26.5. The fourth-order valence-corrected chi connectivity index (χ4v) is 4.61. The number of amides is 1. The van der Waals surface area contributed by atoms with Crippen molar-refractivity contribution in [3.63, 3.8) is 0 Å². The van der Waals surface area contributed by atoms with Gasteiger partial charge in [-0.05, 0) is 22.8 Å². The van der Waals surface area contributed by atoms with E-state index in [2.05, 4.69) is 44.6 Å². The Bertz CT molecular complexity index is 1440. The van der Waals surface area contributed by atoms with E-state index >= 15 is 0 Å². The van der Waals surface area contributed by atoms with E-state index in [4.69, 9.17) is 9.47 Å². The van der Waals surface area contributed by atoms with E-state index in [-0.39, 0.29) is 5.91 Å². The summed E-state index contributed by atoms with van der Waals surface area (Å²) in [7, 11) is 5.17. The Kier molecular flexibility index (Phi) is 10.7. The van der Waals surface area contributed by atoms with Crippen molar-refractivity contribution in [3.8, 4) is 11.1 Å². The first-order valence-electron chi connectivity index (χ1n) is 13.5. The maximum absolute atomic E-state index is 13.5. The summed E-state index contributed by atoms with van der Waals surface area (Å²) < 4.78 is 14.6. The Hall–Kier alpha value is -4.20. The number of carbonyl (C=O) groups is 1. The summed E-state index contributed by atoms with van der Waals surface area (Å²) >= 11 is 0. The van der Waals surface area contributed by atoms with Gasteiger partial charge in [-0.3, -0.25) is 4.79 Å². The third-order valence-electron chi connectivity index (χ3n) is 6.72. The third kappa shape index (κ3) is 7.46. The number of hydrogen-bond acceptors (Lipinski definition) is 4. The first-order valence-corrected chi connectivity index (χ1v) is 13.5. The fraction of sp³-hybridized carbons (Fsp3) is 0.273. The molecule has 0 aliphatic heterocycles. The van der Waals surface area contributed by atoms with Gasteiger partial charge in [0, 0.05) is 65.1 Å². The number of benzene rings is 3. The van der Waals surface area contributed by atoms with Crippen LogP contribution in [0, 0.1) is 0 Å². The van der Waals surface area contributed by atoms with Gasteiger partial charge in [-0.1, -0.05) is 78.9 Å².